The zero-order chi connectivity index (χ0) is 19.5. The van der Waals surface area contributed by atoms with Crippen LogP contribution in [0.3, 0.4) is 0 Å². The number of fused-ring (bicyclic) bond motifs is 1. The van der Waals surface area contributed by atoms with Gasteiger partial charge in [0.2, 0.25) is 0 Å². The number of anilines is 1. The lowest BCUT2D eigenvalue weighted by Crippen LogP contribution is -2.44. The fourth-order valence-corrected chi connectivity index (χ4v) is 4.01. The molecule has 0 spiro atoms. The summed E-state index contributed by atoms with van der Waals surface area (Å²) < 4.78 is 13.2. The van der Waals surface area contributed by atoms with Gasteiger partial charge in [0.1, 0.15) is 0 Å². The number of thiocarbonyl (C=S) groups is 1. The first-order valence-corrected chi connectivity index (χ1v) is 9.61. The molecule has 1 atom stereocenters. The Morgan fingerprint density at radius 1 is 0.964 bits per heavy atom. The third-order valence-electron chi connectivity index (χ3n) is 5.05. The van der Waals surface area contributed by atoms with E-state index in [2.05, 4.69) is 39.2 Å². The lowest BCUT2D eigenvalue weighted by atomic mass is 9.99. The van der Waals surface area contributed by atoms with E-state index in [-0.39, 0.29) is 6.04 Å². The number of hydrogen-bond donors (Lipinski definition) is 1. The Balaban J connectivity index is 1.71. The molecule has 1 aliphatic rings. The number of hydrogen-bond acceptors (Lipinski definition) is 3. The predicted molar refractivity (Wildman–Crippen MR) is 115 cm³/mol. The third kappa shape index (κ3) is 3.43. The van der Waals surface area contributed by atoms with Crippen molar-refractivity contribution in [3.63, 3.8) is 0 Å². The van der Waals surface area contributed by atoms with E-state index in [0.717, 1.165) is 24.3 Å². The van der Waals surface area contributed by atoms with Crippen molar-refractivity contribution >= 4 is 23.0 Å². The van der Waals surface area contributed by atoms with E-state index in [4.69, 9.17) is 21.7 Å². The van der Waals surface area contributed by atoms with E-state index in [1.807, 2.05) is 42.5 Å². The van der Waals surface area contributed by atoms with Gasteiger partial charge in [0.05, 0.1) is 20.3 Å². The third-order valence-corrected chi connectivity index (χ3v) is 5.38. The minimum atomic E-state index is -0.00716. The van der Waals surface area contributed by atoms with Crippen LogP contribution in [0.5, 0.6) is 11.5 Å². The zero-order valence-electron chi connectivity index (χ0n) is 16.0. The van der Waals surface area contributed by atoms with Crippen molar-refractivity contribution in [1.82, 2.24) is 9.47 Å². The number of nitrogens with one attached hydrogen (secondary N) is 1. The number of benzene rings is 2. The van der Waals surface area contributed by atoms with Crippen molar-refractivity contribution in [2.45, 2.75) is 12.6 Å². The minimum Gasteiger partial charge on any atom is -0.493 e. The van der Waals surface area contributed by atoms with Gasteiger partial charge in [0.15, 0.2) is 16.6 Å². The van der Waals surface area contributed by atoms with Crippen molar-refractivity contribution in [3.8, 4) is 11.5 Å². The second-order valence-electron chi connectivity index (χ2n) is 6.63. The fraction of sp³-hybridized carbons (Fsp3) is 0.227. The van der Waals surface area contributed by atoms with Gasteiger partial charge >= 0.3 is 0 Å². The van der Waals surface area contributed by atoms with Gasteiger partial charge < -0.3 is 24.3 Å². The molecule has 0 saturated carbocycles. The van der Waals surface area contributed by atoms with Crippen molar-refractivity contribution in [3.05, 3.63) is 78.1 Å². The minimum absolute atomic E-state index is 0.00716. The maximum Gasteiger partial charge on any atom is 0.174 e. The number of methoxy groups -OCH3 is 2. The van der Waals surface area contributed by atoms with Gasteiger partial charge in [0, 0.05) is 30.7 Å². The van der Waals surface area contributed by atoms with Gasteiger partial charge in [-0.2, -0.15) is 0 Å². The van der Waals surface area contributed by atoms with Crippen molar-refractivity contribution in [1.29, 1.82) is 0 Å². The Hall–Kier alpha value is -2.99. The fourth-order valence-electron chi connectivity index (χ4n) is 3.69. The largest absolute Gasteiger partial charge is 0.493 e. The summed E-state index contributed by atoms with van der Waals surface area (Å²) in [4.78, 5) is 2.24. The van der Waals surface area contributed by atoms with Crippen LogP contribution in [0, 0.1) is 0 Å². The summed E-state index contributed by atoms with van der Waals surface area (Å²) >= 11 is 5.80. The number of rotatable bonds is 4. The Labute approximate surface area is 170 Å². The zero-order valence-corrected chi connectivity index (χ0v) is 16.8. The highest BCUT2D eigenvalue weighted by Crippen LogP contribution is 2.37. The summed E-state index contributed by atoms with van der Waals surface area (Å²) in [6.07, 6.45) is 2.12. The second kappa shape index (κ2) is 7.94. The van der Waals surface area contributed by atoms with Crippen LogP contribution in [0.25, 0.3) is 0 Å². The first kappa shape index (κ1) is 18.4. The molecule has 1 N–H and O–H groups in total. The molecule has 0 radical (unpaired) electrons. The van der Waals surface area contributed by atoms with Gasteiger partial charge in [-0.3, -0.25) is 0 Å². The molecule has 6 heteroatoms. The molecular weight excluding hydrogens is 370 g/mol. The van der Waals surface area contributed by atoms with E-state index in [1.165, 1.54) is 5.69 Å². The van der Waals surface area contributed by atoms with E-state index >= 15 is 0 Å². The smallest absolute Gasteiger partial charge is 0.174 e. The monoisotopic (exact) mass is 393 g/mol. The lowest BCUT2D eigenvalue weighted by molar-refractivity contribution is 0.291. The van der Waals surface area contributed by atoms with Crippen LogP contribution in [0.1, 0.15) is 17.3 Å². The predicted octanol–water partition coefficient (Wildman–Crippen LogP) is 4.31. The first-order valence-electron chi connectivity index (χ1n) is 9.21. The molecule has 0 fully saturated rings. The summed E-state index contributed by atoms with van der Waals surface area (Å²) in [7, 11) is 3.30. The van der Waals surface area contributed by atoms with Crippen LogP contribution in [0.15, 0.2) is 66.9 Å². The molecule has 0 saturated heterocycles. The van der Waals surface area contributed by atoms with Crippen molar-refractivity contribution < 1.29 is 9.47 Å². The van der Waals surface area contributed by atoms with Crippen LogP contribution in [-0.2, 0) is 6.54 Å². The molecule has 0 amide bonds. The summed E-state index contributed by atoms with van der Waals surface area (Å²) in [5.74, 6) is 1.43. The SMILES string of the molecule is COc1ccc([C@H]2c3cccn3CCN2C(=S)Nc2ccccc2)cc1OC. The van der Waals surface area contributed by atoms with E-state index < -0.39 is 0 Å². The molecule has 4 rings (SSSR count). The van der Waals surface area contributed by atoms with Crippen LogP contribution in [0.2, 0.25) is 0 Å². The maximum atomic E-state index is 5.80. The highest BCUT2D eigenvalue weighted by atomic mass is 32.1. The molecule has 144 valence electrons. The lowest BCUT2D eigenvalue weighted by Gasteiger charge is -2.39. The quantitative estimate of drug-likeness (QED) is 0.669. The molecule has 0 aliphatic carbocycles. The summed E-state index contributed by atoms with van der Waals surface area (Å²) in [6, 6.07) is 20.3. The maximum absolute atomic E-state index is 5.80. The second-order valence-corrected chi connectivity index (χ2v) is 7.02. The summed E-state index contributed by atoms with van der Waals surface area (Å²) in [5, 5.41) is 4.08. The number of aromatic nitrogens is 1. The summed E-state index contributed by atoms with van der Waals surface area (Å²) in [6.45, 7) is 1.71. The van der Waals surface area contributed by atoms with Crippen molar-refractivity contribution in [2.24, 2.45) is 0 Å². The highest BCUT2D eigenvalue weighted by molar-refractivity contribution is 7.80. The normalized spacial score (nSPS) is 15.6. The molecule has 3 aromatic rings. The number of nitrogens with zero attached hydrogens (tertiary/aromatic N) is 2. The standard InChI is InChI=1S/C22H23N3O2S/c1-26-19-11-10-16(15-20(19)27-2)21-18-9-6-12-24(18)13-14-25(21)22(28)23-17-7-4-3-5-8-17/h3-12,15,21H,13-14H2,1-2H3,(H,23,28)/t21-/m0/s1. The molecule has 28 heavy (non-hydrogen) atoms. The topological polar surface area (TPSA) is 38.7 Å². The molecule has 2 heterocycles. The molecule has 0 unspecified atom stereocenters. The van der Waals surface area contributed by atoms with Gasteiger partial charge in [-0.05, 0) is 54.2 Å². The first-order chi connectivity index (χ1) is 13.7. The average Bonchev–Trinajstić information content (AvgIpc) is 3.22. The van der Waals surface area contributed by atoms with E-state index in [1.54, 1.807) is 14.2 Å². The van der Waals surface area contributed by atoms with Gasteiger partial charge in [0.25, 0.3) is 0 Å². The van der Waals surface area contributed by atoms with Crippen molar-refractivity contribution in [2.75, 3.05) is 26.1 Å². The number of para-hydroxylation sites is 1. The van der Waals surface area contributed by atoms with Gasteiger partial charge in [-0.15, -0.1) is 0 Å². The van der Waals surface area contributed by atoms with E-state index in [0.29, 0.717) is 16.6 Å². The van der Waals surface area contributed by atoms with Gasteiger partial charge in [-0.25, -0.2) is 0 Å². The summed E-state index contributed by atoms with van der Waals surface area (Å²) in [5.41, 5.74) is 3.30. The van der Waals surface area contributed by atoms with Crippen LogP contribution >= 0.6 is 12.2 Å². The van der Waals surface area contributed by atoms with E-state index in [9.17, 15) is 0 Å². The molecule has 5 nitrogen and oxygen atoms in total. The van der Waals surface area contributed by atoms with Crippen LogP contribution in [0.4, 0.5) is 5.69 Å². The molecule has 2 aromatic carbocycles. The van der Waals surface area contributed by atoms with Gasteiger partial charge in [-0.1, -0.05) is 24.3 Å². The molecule has 0 bridgehead atoms. The van der Waals surface area contributed by atoms with Crippen LogP contribution in [-0.4, -0.2) is 35.3 Å². The molecule has 1 aromatic heterocycles. The van der Waals surface area contributed by atoms with Crippen LogP contribution < -0.4 is 14.8 Å². The highest BCUT2D eigenvalue weighted by Gasteiger charge is 2.31. The Morgan fingerprint density at radius 3 is 2.50 bits per heavy atom. The molecular formula is C22H23N3O2S. The Bertz CT molecular complexity index is 971. The Kier molecular flexibility index (Phi) is 5.21. The average molecular weight is 394 g/mol. The number of ether oxygens (including phenoxy) is 2. The molecule has 1 aliphatic heterocycles. The Morgan fingerprint density at radius 2 is 1.75 bits per heavy atom.